The number of benzene rings is 2. The number of anilines is 3. The Balaban J connectivity index is 1.86. The van der Waals surface area contributed by atoms with Gasteiger partial charge in [-0.3, -0.25) is 14.4 Å². The highest BCUT2D eigenvalue weighted by Crippen LogP contribution is 2.53. The maximum atomic E-state index is 14.5. The lowest BCUT2D eigenvalue weighted by molar-refractivity contribution is -0.117. The Morgan fingerprint density at radius 2 is 1.61 bits per heavy atom. The van der Waals surface area contributed by atoms with Crippen molar-refractivity contribution >= 4 is 58.0 Å². The van der Waals surface area contributed by atoms with Crippen LogP contribution in [-0.2, 0) is 9.59 Å². The number of nitrogens with one attached hydrogen (secondary N) is 3. The second kappa shape index (κ2) is 8.35. The summed E-state index contributed by atoms with van der Waals surface area (Å²) in [6.45, 7) is 1.02. The minimum atomic E-state index is -1.56. The molecule has 0 spiro atoms. The number of rotatable bonds is 5. The summed E-state index contributed by atoms with van der Waals surface area (Å²) in [6, 6.07) is 3.07. The lowest BCUT2D eigenvalue weighted by Gasteiger charge is -2.13. The Labute approximate surface area is 182 Å². The van der Waals surface area contributed by atoms with Gasteiger partial charge in [0.2, 0.25) is 11.8 Å². The lowest BCUT2D eigenvalue weighted by atomic mass is 10.1. The average Bonchev–Trinajstić information content (AvgIpc) is 3.32. The van der Waals surface area contributed by atoms with Gasteiger partial charge in [-0.05, 0) is 24.6 Å². The van der Waals surface area contributed by atoms with Crippen molar-refractivity contribution in [3.05, 3.63) is 53.1 Å². The van der Waals surface area contributed by atoms with Crippen LogP contribution in [0, 0.1) is 29.2 Å². The number of alkyl halides is 2. The number of hydrogen-bond acceptors (Lipinski definition) is 3. The van der Waals surface area contributed by atoms with E-state index in [4.69, 9.17) is 23.2 Å². The van der Waals surface area contributed by atoms with Gasteiger partial charge in [-0.25, -0.2) is 17.6 Å². The molecule has 3 N–H and O–H groups in total. The molecule has 12 heteroatoms. The van der Waals surface area contributed by atoms with Crippen LogP contribution in [-0.4, -0.2) is 22.1 Å². The minimum absolute atomic E-state index is 0.166. The molecule has 0 saturated heterocycles. The molecule has 1 saturated carbocycles. The van der Waals surface area contributed by atoms with Crippen molar-refractivity contribution in [2.45, 2.75) is 17.7 Å². The summed E-state index contributed by atoms with van der Waals surface area (Å²) < 4.78 is 55.1. The summed E-state index contributed by atoms with van der Waals surface area (Å²) in [4.78, 5) is 35.6. The monoisotopic (exact) mass is 477 g/mol. The largest absolute Gasteiger partial charge is 0.326 e. The van der Waals surface area contributed by atoms with Crippen LogP contribution in [0.15, 0.2) is 24.3 Å². The van der Waals surface area contributed by atoms with Crippen LogP contribution in [0.5, 0.6) is 0 Å². The zero-order valence-corrected chi connectivity index (χ0v) is 17.1. The van der Waals surface area contributed by atoms with Crippen LogP contribution >= 0.6 is 23.2 Å². The zero-order valence-electron chi connectivity index (χ0n) is 15.6. The van der Waals surface area contributed by atoms with Crippen molar-refractivity contribution in [2.24, 2.45) is 5.92 Å². The van der Waals surface area contributed by atoms with E-state index in [2.05, 4.69) is 5.32 Å². The van der Waals surface area contributed by atoms with Crippen LogP contribution < -0.4 is 16.0 Å². The van der Waals surface area contributed by atoms with Crippen LogP contribution in [0.25, 0.3) is 0 Å². The molecule has 164 valence electrons. The molecule has 6 nitrogen and oxygen atoms in total. The third kappa shape index (κ3) is 4.91. The van der Waals surface area contributed by atoms with E-state index >= 15 is 0 Å². The topological polar surface area (TPSA) is 87.3 Å². The standard InChI is InChI=1S/C19H13Cl2F4N3O3/c1-7(29)26-16-11(22)2-3-13(15(16)25)28-17(30)9-4-8(5-12(23)14(9)24)27-18(31)10-6-19(10,20)21/h2-5,10H,6H2,1H3,(H,26,29)(H,27,31)(H,28,30)/t10-/m1/s1. The first kappa shape index (κ1) is 22.8. The molecule has 1 fully saturated rings. The molecule has 2 aromatic carbocycles. The van der Waals surface area contributed by atoms with Gasteiger partial charge in [0.15, 0.2) is 17.5 Å². The highest BCUT2D eigenvalue weighted by molar-refractivity contribution is 6.52. The van der Waals surface area contributed by atoms with E-state index in [9.17, 15) is 31.9 Å². The summed E-state index contributed by atoms with van der Waals surface area (Å²) in [5.41, 5.74) is -2.55. The van der Waals surface area contributed by atoms with E-state index in [0.717, 1.165) is 25.1 Å². The van der Waals surface area contributed by atoms with Gasteiger partial charge in [-0.2, -0.15) is 0 Å². The molecule has 1 atom stereocenters. The SMILES string of the molecule is CC(=O)Nc1c(F)ccc(NC(=O)c2cc(NC(=O)[C@H]3CC3(Cl)Cl)cc(F)c2F)c1F. The Morgan fingerprint density at radius 3 is 2.19 bits per heavy atom. The molecule has 3 amide bonds. The lowest BCUT2D eigenvalue weighted by Crippen LogP contribution is -2.20. The second-order valence-corrected chi connectivity index (χ2v) is 8.29. The first-order chi connectivity index (χ1) is 14.4. The van der Waals surface area contributed by atoms with Crippen molar-refractivity contribution in [1.82, 2.24) is 0 Å². The third-order valence-corrected chi connectivity index (χ3v) is 5.16. The second-order valence-electron chi connectivity index (χ2n) is 6.75. The van der Waals surface area contributed by atoms with Crippen molar-refractivity contribution in [3.8, 4) is 0 Å². The summed E-state index contributed by atoms with van der Waals surface area (Å²) in [5, 5.41) is 6.17. The Morgan fingerprint density at radius 1 is 0.968 bits per heavy atom. The highest BCUT2D eigenvalue weighted by Gasteiger charge is 2.56. The van der Waals surface area contributed by atoms with Crippen molar-refractivity contribution in [2.75, 3.05) is 16.0 Å². The van der Waals surface area contributed by atoms with Gasteiger partial charge in [0, 0.05) is 18.7 Å². The van der Waals surface area contributed by atoms with Crippen LogP contribution in [0.2, 0.25) is 0 Å². The van der Waals surface area contributed by atoms with Gasteiger partial charge in [0.05, 0.1) is 17.2 Å². The average molecular weight is 478 g/mol. The normalized spacial score (nSPS) is 16.4. The van der Waals surface area contributed by atoms with Crippen molar-refractivity contribution in [3.63, 3.8) is 0 Å². The summed E-state index contributed by atoms with van der Waals surface area (Å²) in [6.07, 6.45) is 0.166. The van der Waals surface area contributed by atoms with Gasteiger partial charge < -0.3 is 16.0 Å². The first-order valence-electron chi connectivity index (χ1n) is 8.65. The maximum absolute atomic E-state index is 14.5. The van der Waals surface area contributed by atoms with Gasteiger partial charge in [-0.1, -0.05) is 0 Å². The number of carbonyl (C=O) groups is 3. The Hall–Kier alpha value is -2.85. The summed E-state index contributed by atoms with van der Waals surface area (Å²) >= 11 is 11.6. The number of hydrogen-bond donors (Lipinski definition) is 3. The minimum Gasteiger partial charge on any atom is -0.326 e. The van der Waals surface area contributed by atoms with Gasteiger partial charge in [0.1, 0.15) is 15.8 Å². The Bertz CT molecular complexity index is 1110. The van der Waals surface area contributed by atoms with Gasteiger partial charge in [-0.15, -0.1) is 23.2 Å². The highest BCUT2D eigenvalue weighted by atomic mass is 35.5. The molecule has 0 bridgehead atoms. The molecule has 2 aromatic rings. The predicted octanol–water partition coefficient (Wildman–Crippen LogP) is 4.59. The van der Waals surface area contributed by atoms with E-state index in [1.807, 2.05) is 10.6 Å². The quantitative estimate of drug-likeness (QED) is 0.434. The van der Waals surface area contributed by atoms with Crippen LogP contribution in [0.3, 0.4) is 0 Å². The predicted molar refractivity (Wildman–Crippen MR) is 106 cm³/mol. The van der Waals surface area contributed by atoms with Gasteiger partial charge in [0.25, 0.3) is 5.91 Å². The molecule has 0 radical (unpaired) electrons. The van der Waals surface area contributed by atoms with Crippen LogP contribution in [0.1, 0.15) is 23.7 Å². The van der Waals surface area contributed by atoms with E-state index in [1.165, 1.54) is 0 Å². The van der Waals surface area contributed by atoms with E-state index in [0.29, 0.717) is 6.07 Å². The fraction of sp³-hybridized carbons (Fsp3) is 0.211. The molecular weight excluding hydrogens is 465 g/mol. The molecule has 0 aliphatic heterocycles. The molecule has 3 rings (SSSR count). The molecule has 31 heavy (non-hydrogen) atoms. The van der Waals surface area contributed by atoms with Crippen molar-refractivity contribution < 1.29 is 31.9 Å². The molecule has 0 aromatic heterocycles. The number of halogens is 6. The maximum Gasteiger partial charge on any atom is 0.258 e. The van der Waals surface area contributed by atoms with E-state index in [-0.39, 0.29) is 12.1 Å². The van der Waals surface area contributed by atoms with Gasteiger partial charge >= 0.3 is 0 Å². The fourth-order valence-corrected chi connectivity index (χ4v) is 3.19. The third-order valence-electron chi connectivity index (χ3n) is 4.32. The molecule has 0 heterocycles. The van der Waals surface area contributed by atoms with Crippen LogP contribution in [0.4, 0.5) is 34.6 Å². The fourth-order valence-electron chi connectivity index (χ4n) is 2.68. The van der Waals surface area contributed by atoms with E-state index < -0.39 is 68.2 Å². The smallest absolute Gasteiger partial charge is 0.258 e. The Kier molecular flexibility index (Phi) is 6.15. The summed E-state index contributed by atoms with van der Waals surface area (Å²) in [5.74, 6) is -8.94. The zero-order chi connectivity index (χ0) is 23.1. The summed E-state index contributed by atoms with van der Waals surface area (Å²) in [7, 11) is 0. The van der Waals surface area contributed by atoms with E-state index in [1.54, 1.807) is 0 Å². The molecule has 1 aliphatic carbocycles. The number of carbonyl (C=O) groups excluding carboxylic acids is 3. The molecule has 1 aliphatic rings. The molecule has 0 unspecified atom stereocenters. The molecular formula is C19H13Cl2F4N3O3. The first-order valence-corrected chi connectivity index (χ1v) is 9.41. The van der Waals surface area contributed by atoms with Crippen molar-refractivity contribution in [1.29, 1.82) is 0 Å². The number of amides is 3.